The molecule has 1 saturated carbocycles. The molecule has 3 aromatic rings. The molecule has 1 atom stereocenters. The average molecular weight is 460 g/mol. The number of carbonyl (C=O) groups is 2. The van der Waals surface area contributed by atoms with Crippen LogP contribution in [0.15, 0.2) is 54.6 Å². The summed E-state index contributed by atoms with van der Waals surface area (Å²) >= 11 is 0. The SMILES string of the molecule is COc1cccc2[nH]c(C(=O)N3CC(=O)N(Cc4ccccc4)[C@@H](CC4CCCCC4)C3)cc12. The third-order valence-corrected chi connectivity index (χ3v) is 7.41. The van der Waals surface area contributed by atoms with E-state index < -0.39 is 0 Å². The highest BCUT2D eigenvalue weighted by atomic mass is 16.5. The number of aromatic nitrogens is 1. The predicted molar refractivity (Wildman–Crippen MR) is 133 cm³/mol. The van der Waals surface area contributed by atoms with Crippen LogP contribution in [0.4, 0.5) is 0 Å². The van der Waals surface area contributed by atoms with Crippen molar-refractivity contribution in [3.8, 4) is 5.75 Å². The van der Waals surface area contributed by atoms with Gasteiger partial charge in [0.05, 0.1) is 7.11 Å². The van der Waals surface area contributed by atoms with Gasteiger partial charge in [-0.1, -0.05) is 68.5 Å². The summed E-state index contributed by atoms with van der Waals surface area (Å²) in [7, 11) is 1.63. The third kappa shape index (κ3) is 4.67. The quantitative estimate of drug-likeness (QED) is 0.564. The number of fused-ring (bicyclic) bond motifs is 1. The fourth-order valence-electron chi connectivity index (χ4n) is 5.63. The van der Waals surface area contributed by atoms with Gasteiger partial charge >= 0.3 is 0 Å². The molecule has 5 rings (SSSR count). The van der Waals surface area contributed by atoms with Gasteiger partial charge in [0.25, 0.3) is 5.91 Å². The van der Waals surface area contributed by atoms with E-state index in [-0.39, 0.29) is 24.4 Å². The predicted octanol–water partition coefficient (Wildman–Crippen LogP) is 5.00. The second kappa shape index (κ2) is 9.92. The summed E-state index contributed by atoms with van der Waals surface area (Å²) in [5.74, 6) is 1.25. The largest absolute Gasteiger partial charge is 0.496 e. The van der Waals surface area contributed by atoms with E-state index >= 15 is 0 Å². The second-order valence-corrected chi connectivity index (χ2v) is 9.69. The lowest BCUT2D eigenvalue weighted by Gasteiger charge is -2.43. The Balaban J connectivity index is 1.38. The molecule has 1 aliphatic carbocycles. The highest BCUT2D eigenvalue weighted by Gasteiger charge is 2.36. The van der Waals surface area contributed by atoms with E-state index in [0.717, 1.165) is 28.6 Å². The van der Waals surface area contributed by atoms with E-state index in [4.69, 9.17) is 4.74 Å². The Morgan fingerprint density at radius 3 is 2.62 bits per heavy atom. The van der Waals surface area contributed by atoms with E-state index in [9.17, 15) is 9.59 Å². The van der Waals surface area contributed by atoms with Gasteiger partial charge in [0.2, 0.25) is 5.91 Å². The van der Waals surface area contributed by atoms with Crippen molar-refractivity contribution in [3.63, 3.8) is 0 Å². The zero-order valence-corrected chi connectivity index (χ0v) is 19.8. The summed E-state index contributed by atoms with van der Waals surface area (Å²) in [6, 6.07) is 17.8. The van der Waals surface area contributed by atoms with Gasteiger partial charge in [-0.25, -0.2) is 0 Å². The van der Waals surface area contributed by atoms with Gasteiger partial charge in [-0.05, 0) is 36.1 Å². The van der Waals surface area contributed by atoms with E-state index in [0.29, 0.717) is 24.7 Å². The molecule has 0 radical (unpaired) electrons. The van der Waals surface area contributed by atoms with Crippen molar-refractivity contribution in [2.45, 2.75) is 51.1 Å². The first-order valence-electron chi connectivity index (χ1n) is 12.4. The van der Waals surface area contributed by atoms with Crippen LogP contribution in [0.25, 0.3) is 10.9 Å². The zero-order chi connectivity index (χ0) is 23.5. The van der Waals surface area contributed by atoms with Crippen molar-refractivity contribution < 1.29 is 14.3 Å². The zero-order valence-electron chi connectivity index (χ0n) is 19.8. The monoisotopic (exact) mass is 459 g/mol. The number of piperazine rings is 1. The number of hydrogen-bond donors (Lipinski definition) is 1. The number of carbonyl (C=O) groups excluding carboxylic acids is 2. The van der Waals surface area contributed by atoms with Crippen molar-refractivity contribution in [1.82, 2.24) is 14.8 Å². The van der Waals surface area contributed by atoms with Crippen molar-refractivity contribution in [3.05, 3.63) is 65.9 Å². The first-order chi connectivity index (χ1) is 16.6. The minimum Gasteiger partial charge on any atom is -0.496 e. The summed E-state index contributed by atoms with van der Waals surface area (Å²) < 4.78 is 5.45. The molecule has 178 valence electrons. The van der Waals surface area contributed by atoms with Crippen molar-refractivity contribution >= 4 is 22.7 Å². The fourth-order valence-corrected chi connectivity index (χ4v) is 5.63. The number of rotatable bonds is 6. The summed E-state index contributed by atoms with van der Waals surface area (Å²) in [6.45, 7) is 1.28. The van der Waals surface area contributed by atoms with Gasteiger partial charge in [-0.15, -0.1) is 0 Å². The van der Waals surface area contributed by atoms with Gasteiger partial charge in [0.1, 0.15) is 18.0 Å². The first-order valence-corrected chi connectivity index (χ1v) is 12.4. The van der Waals surface area contributed by atoms with Crippen LogP contribution in [0.3, 0.4) is 0 Å². The van der Waals surface area contributed by atoms with Crippen LogP contribution in [0.1, 0.15) is 54.6 Å². The molecule has 6 heteroatoms. The van der Waals surface area contributed by atoms with E-state index in [1.807, 2.05) is 47.4 Å². The summed E-state index contributed by atoms with van der Waals surface area (Å²) in [5.41, 5.74) is 2.49. The molecule has 1 N–H and O–H groups in total. The molecular weight excluding hydrogens is 426 g/mol. The van der Waals surface area contributed by atoms with Crippen LogP contribution >= 0.6 is 0 Å². The van der Waals surface area contributed by atoms with Crippen LogP contribution in [0.2, 0.25) is 0 Å². The van der Waals surface area contributed by atoms with E-state index in [2.05, 4.69) is 17.1 Å². The Labute approximate surface area is 200 Å². The van der Waals surface area contributed by atoms with Crippen LogP contribution in [-0.4, -0.2) is 52.8 Å². The maximum absolute atomic E-state index is 13.5. The Kier molecular flexibility index (Phi) is 6.57. The minimum absolute atomic E-state index is 0.0259. The maximum atomic E-state index is 13.5. The molecule has 2 aliphatic rings. The van der Waals surface area contributed by atoms with Gasteiger partial charge in [0.15, 0.2) is 0 Å². The normalized spacial score (nSPS) is 19.6. The maximum Gasteiger partial charge on any atom is 0.270 e. The molecule has 2 aromatic carbocycles. The lowest BCUT2D eigenvalue weighted by Crippen LogP contribution is -2.58. The number of H-pyrrole nitrogens is 1. The first kappa shape index (κ1) is 22.5. The van der Waals surface area contributed by atoms with Gasteiger partial charge in [-0.3, -0.25) is 9.59 Å². The molecule has 0 spiro atoms. The molecule has 6 nitrogen and oxygen atoms in total. The Morgan fingerprint density at radius 2 is 1.85 bits per heavy atom. The molecule has 1 aromatic heterocycles. The molecule has 0 bridgehead atoms. The number of hydrogen-bond acceptors (Lipinski definition) is 3. The summed E-state index contributed by atoms with van der Waals surface area (Å²) in [4.78, 5) is 33.9. The summed E-state index contributed by atoms with van der Waals surface area (Å²) in [6.07, 6.45) is 7.25. The number of ether oxygens (including phenoxy) is 1. The number of benzene rings is 2. The van der Waals surface area contributed by atoms with Crippen LogP contribution in [0, 0.1) is 5.92 Å². The Bertz CT molecular complexity index is 1150. The van der Waals surface area contributed by atoms with E-state index in [1.165, 1.54) is 32.1 Å². The van der Waals surface area contributed by atoms with Crippen molar-refractivity contribution in [2.75, 3.05) is 20.2 Å². The van der Waals surface area contributed by atoms with Crippen LogP contribution < -0.4 is 4.74 Å². The average Bonchev–Trinajstić information content (AvgIpc) is 3.31. The number of nitrogens with zero attached hydrogens (tertiary/aromatic N) is 2. The highest BCUT2D eigenvalue weighted by Crippen LogP contribution is 2.31. The smallest absolute Gasteiger partial charge is 0.270 e. The number of aromatic amines is 1. The Hall–Kier alpha value is -3.28. The number of amides is 2. The molecule has 2 amide bonds. The molecule has 34 heavy (non-hydrogen) atoms. The van der Waals surface area contributed by atoms with Crippen LogP contribution in [0.5, 0.6) is 5.75 Å². The lowest BCUT2D eigenvalue weighted by molar-refractivity contribution is -0.140. The molecule has 0 unspecified atom stereocenters. The molecule has 1 aliphatic heterocycles. The van der Waals surface area contributed by atoms with Crippen molar-refractivity contribution in [2.24, 2.45) is 5.92 Å². The lowest BCUT2D eigenvalue weighted by atomic mass is 9.84. The minimum atomic E-state index is -0.125. The van der Waals surface area contributed by atoms with Crippen LogP contribution in [-0.2, 0) is 11.3 Å². The van der Waals surface area contributed by atoms with Crippen molar-refractivity contribution in [1.29, 1.82) is 0 Å². The van der Waals surface area contributed by atoms with Gasteiger partial charge < -0.3 is 19.5 Å². The molecule has 2 heterocycles. The second-order valence-electron chi connectivity index (χ2n) is 9.69. The van der Waals surface area contributed by atoms with Gasteiger partial charge in [-0.2, -0.15) is 0 Å². The topological polar surface area (TPSA) is 65.6 Å². The molecule has 2 fully saturated rings. The van der Waals surface area contributed by atoms with E-state index in [1.54, 1.807) is 12.0 Å². The molecule has 1 saturated heterocycles. The number of nitrogens with one attached hydrogen (secondary N) is 1. The fraction of sp³-hybridized carbons (Fsp3) is 0.429. The summed E-state index contributed by atoms with van der Waals surface area (Å²) in [5, 5.41) is 0.876. The van der Waals surface area contributed by atoms with Gasteiger partial charge in [0, 0.05) is 30.0 Å². The number of methoxy groups -OCH3 is 1. The highest BCUT2D eigenvalue weighted by molar-refractivity contribution is 6.01. The third-order valence-electron chi connectivity index (χ3n) is 7.41. The standard InChI is InChI=1S/C28H33N3O3/c1-34-26-14-8-13-24-23(26)16-25(29-24)28(33)30-18-22(15-20-9-4-2-5-10-20)31(27(32)19-30)17-21-11-6-3-7-12-21/h3,6-8,11-14,16,20,22,29H,2,4-5,9-10,15,17-19H2,1H3/t22-/m0/s1. The molecular formula is C28H33N3O3. The Morgan fingerprint density at radius 1 is 1.06 bits per heavy atom.